The van der Waals surface area contributed by atoms with Gasteiger partial charge in [-0.05, 0) is 24.3 Å². The molecule has 1 heterocycles. The highest BCUT2D eigenvalue weighted by Crippen LogP contribution is 2.16. The molecule has 2 aromatic rings. The van der Waals surface area contributed by atoms with E-state index in [9.17, 15) is 13.2 Å². The van der Waals surface area contributed by atoms with Gasteiger partial charge in [-0.15, -0.1) is 0 Å². The molecule has 84 valence electrons. The zero-order valence-corrected chi connectivity index (χ0v) is 8.82. The Morgan fingerprint density at radius 3 is 2.62 bits per heavy atom. The van der Waals surface area contributed by atoms with Crippen LogP contribution in [0.5, 0.6) is 0 Å². The highest BCUT2D eigenvalue weighted by Gasteiger charge is 2.12. The van der Waals surface area contributed by atoms with E-state index < -0.39 is 15.6 Å². The number of hydrogen-bond acceptors (Lipinski definition) is 5. The fraction of sp³-hybridized carbons (Fsp3) is 0. The minimum atomic E-state index is -3.69. The second-order valence-corrected chi connectivity index (χ2v) is 4.79. The quantitative estimate of drug-likeness (QED) is 0.435. The van der Waals surface area contributed by atoms with Crippen molar-refractivity contribution in [1.82, 2.24) is 4.83 Å². The van der Waals surface area contributed by atoms with Crippen LogP contribution < -0.4 is 16.3 Å². The molecule has 16 heavy (non-hydrogen) atoms. The second kappa shape index (κ2) is 3.71. The largest absolute Gasteiger partial charge is 0.423 e. The van der Waals surface area contributed by atoms with Crippen LogP contribution in [0.25, 0.3) is 11.0 Å². The van der Waals surface area contributed by atoms with E-state index >= 15 is 0 Å². The molecular weight excluding hydrogens is 232 g/mol. The average Bonchev–Trinajstić information content (AvgIpc) is 2.28. The van der Waals surface area contributed by atoms with Crippen LogP contribution in [0.2, 0.25) is 0 Å². The van der Waals surface area contributed by atoms with Crippen molar-refractivity contribution in [2.75, 3.05) is 0 Å². The number of rotatable bonds is 2. The summed E-state index contributed by atoms with van der Waals surface area (Å²) in [5, 5.41) is 0.510. The van der Waals surface area contributed by atoms with E-state index in [0.29, 0.717) is 11.0 Å². The number of nitrogens with two attached hydrogens (primary N) is 1. The van der Waals surface area contributed by atoms with Crippen molar-refractivity contribution in [1.29, 1.82) is 0 Å². The molecule has 0 fully saturated rings. The lowest BCUT2D eigenvalue weighted by Crippen LogP contribution is -2.30. The predicted octanol–water partition coefficient (Wildman–Crippen LogP) is -0.0550. The van der Waals surface area contributed by atoms with Crippen LogP contribution in [0.1, 0.15) is 0 Å². The molecule has 2 rings (SSSR count). The van der Waals surface area contributed by atoms with Gasteiger partial charge in [-0.25, -0.2) is 13.2 Å². The van der Waals surface area contributed by atoms with Crippen LogP contribution in [-0.2, 0) is 10.0 Å². The number of fused-ring (bicyclic) bond motifs is 1. The van der Waals surface area contributed by atoms with Gasteiger partial charge in [0.15, 0.2) is 0 Å². The molecule has 0 unspecified atom stereocenters. The van der Waals surface area contributed by atoms with Crippen molar-refractivity contribution < 1.29 is 12.8 Å². The van der Waals surface area contributed by atoms with Crippen molar-refractivity contribution in [2.45, 2.75) is 4.90 Å². The lowest BCUT2D eigenvalue weighted by atomic mass is 10.2. The first-order valence-electron chi connectivity index (χ1n) is 4.29. The molecule has 0 saturated carbocycles. The molecule has 0 atom stereocenters. The summed E-state index contributed by atoms with van der Waals surface area (Å²) in [4.78, 5) is 12.6. The standard InChI is InChI=1S/C9H8N2O4S/c10-11-16(13,14)7-2-3-8-6(5-7)1-4-9(12)15-8/h1-5,11H,10H2. The van der Waals surface area contributed by atoms with Gasteiger partial charge in [-0.2, -0.15) is 4.83 Å². The SMILES string of the molecule is NNS(=O)(=O)c1ccc2oc(=O)ccc2c1. The van der Waals surface area contributed by atoms with E-state index in [1.165, 1.54) is 30.3 Å². The van der Waals surface area contributed by atoms with Crippen molar-refractivity contribution in [3.8, 4) is 0 Å². The van der Waals surface area contributed by atoms with E-state index in [1.54, 1.807) is 4.83 Å². The molecule has 0 amide bonds. The fourth-order valence-electron chi connectivity index (χ4n) is 1.29. The van der Waals surface area contributed by atoms with Crippen LogP contribution in [0, 0.1) is 0 Å². The van der Waals surface area contributed by atoms with E-state index in [2.05, 4.69) is 0 Å². The molecule has 3 N–H and O–H groups in total. The number of sulfonamides is 1. The molecule has 0 aliphatic rings. The summed E-state index contributed by atoms with van der Waals surface area (Å²) in [6.45, 7) is 0. The molecular formula is C9H8N2O4S. The van der Waals surface area contributed by atoms with Crippen molar-refractivity contribution >= 4 is 21.0 Å². The zero-order chi connectivity index (χ0) is 11.8. The third-order valence-corrected chi connectivity index (χ3v) is 3.24. The van der Waals surface area contributed by atoms with E-state index in [1.807, 2.05) is 0 Å². The molecule has 0 radical (unpaired) electrons. The van der Waals surface area contributed by atoms with Crippen LogP contribution in [0.15, 0.2) is 44.4 Å². The Morgan fingerprint density at radius 2 is 1.94 bits per heavy atom. The summed E-state index contributed by atoms with van der Waals surface area (Å²) >= 11 is 0. The molecule has 0 aliphatic heterocycles. The van der Waals surface area contributed by atoms with Gasteiger partial charge in [0.1, 0.15) is 5.58 Å². The first kappa shape index (κ1) is 10.8. The van der Waals surface area contributed by atoms with Gasteiger partial charge >= 0.3 is 5.63 Å². The predicted molar refractivity (Wildman–Crippen MR) is 57.0 cm³/mol. The van der Waals surface area contributed by atoms with Crippen molar-refractivity contribution in [3.63, 3.8) is 0 Å². The maximum Gasteiger partial charge on any atom is 0.336 e. The van der Waals surface area contributed by atoms with E-state index in [0.717, 1.165) is 0 Å². The van der Waals surface area contributed by atoms with Gasteiger partial charge in [0.25, 0.3) is 10.0 Å². The number of hydrazine groups is 1. The third kappa shape index (κ3) is 1.83. The monoisotopic (exact) mass is 240 g/mol. The number of nitrogens with one attached hydrogen (secondary N) is 1. The van der Waals surface area contributed by atoms with E-state index in [-0.39, 0.29) is 4.90 Å². The summed E-state index contributed by atoms with van der Waals surface area (Å²) < 4.78 is 27.6. The lowest BCUT2D eigenvalue weighted by molar-refractivity contribution is 0.560. The Balaban J connectivity index is 2.71. The Morgan fingerprint density at radius 1 is 1.19 bits per heavy atom. The number of benzene rings is 1. The van der Waals surface area contributed by atoms with Gasteiger partial charge in [-0.1, -0.05) is 0 Å². The second-order valence-electron chi connectivity index (χ2n) is 3.08. The smallest absolute Gasteiger partial charge is 0.336 e. The Bertz CT molecular complexity index is 690. The Hall–Kier alpha value is -1.70. The maximum atomic E-state index is 11.4. The third-order valence-electron chi connectivity index (χ3n) is 2.06. The van der Waals surface area contributed by atoms with Gasteiger partial charge in [0, 0.05) is 11.5 Å². The average molecular weight is 240 g/mol. The summed E-state index contributed by atoms with van der Waals surface area (Å²) in [7, 11) is -3.69. The zero-order valence-electron chi connectivity index (χ0n) is 8.01. The summed E-state index contributed by atoms with van der Waals surface area (Å²) in [5.41, 5.74) is -0.163. The number of hydrogen-bond donors (Lipinski definition) is 2. The Kier molecular flexibility index (Phi) is 2.50. The molecule has 0 spiro atoms. The highest BCUT2D eigenvalue weighted by molar-refractivity contribution is 7.89. The maximum absolute atomic E-state index is 11.4. The molecule has 7 heteroatoms. The topological polar surface area (TPSA) is 102 Å². The highest BCUT2D eigenvalue weighted by atomic mass is 32.2. The van der Waals surface area contributed by atoms with Gasteiger partial charge in [0.05, 0.1) is 4.90 Å². The summed E-state index contributed by atoms with van der Waals surface area (Å²) in [6.07, 6.45) is 0. The molecule has 6 nitrogen and oxygen atoms in total. The summed E-state index contributed by atoms with van der Waals surface area (Å²) in [6, 6.07) is 6.78. The van der Waals surface area contributed by atoms with Crippen LogP contribution in [0.4, 0.5) is 0 Å². The van der Waals surface area contributed by atoms with Gasteiger partial charge in [0.2, 0.25) is 0 Å². The molecule has 0 aliphatic carbocycles. The molecule has 1 aromatic carbocycles. The Labute approximate surface area is 90.7 Å². The minimum absolute atomic E-state index is 0.0105. The first-order valence-corrected chi connectivity index (χ1v) is 5.77. The van der Waals surface area contributed by atoms with Crippen molar-refractivity contribution in [3.05, 3.63) is 40.8 Å². The molecule has 1 aromatic heterocycles. The normalized spacial score (nSPS) is 11.8. The van der Waals surface area contributed by atoms with Crippen LogP contribution in [0.3, 0.4) is 0 Å². The summed E-state index contributed by atoms with van der Waals surface area (Å²) in [5.74, 6) is 4.90. The first-order chi connectivity index (χ1) is 7.53. The minimum Gasteiger partial charge on any atom is -0.423 e. The van der Waals surface area contributed by atoms with E-state index in [4.69, 9.17) is 10.3 Å². The van der Waals surface area contributed by atoms with Gasteiger partial charge in [-0.3, -0.25) is 5.84 Å². The molecule has 0 bridgehead atoms. The van der Waals surface area contributed by atoms with Crippen LogP contribution in [-0.4, -0.2) is 8.42 Å². The lowest BCUT2D eigenvalue weighted by Gasteiger charge is -2.02. The van der Waals surface area contributed by atoms with Crippen molar-refractivity contribution in [2.24, 2.45) is 5.84 Å². The van der Waals surface area contributed by atoms with Crippen LogP contribution >= 0.6 is 0 Å². The molecule has 0 saturated heterocycles. The van der Waals surface area contributed by atoms with Gasteiger partial charge < -0.3 is 4.42 Å². The fourth-order valence-corrected chi connectivity index (χ4v) is 1.95.